The Morgan fingerprint density at radius 1 is 1.47 bits per heavy atom. The molecule has 1 unspecified atom stereocenters. The Hall–Kier alpha value is -1.56. The summed E-state index contributed by atoms with van der Waals surface area (Å²) in [6.45, 7) is 2.95. The van der Waals surface area contributed by atoms with Crippen LogP contribution in [0.5, 0.6) is 5.75 Å². The van der Waals surface area contributed by atoms with Crippen LogP contribution in [0.2, 0.25) is 0 Å². The van der Waals surface area contributed by atoms with Crippen molar-refractivity contribution in [3.8, 4) is 5.75 Å². The maximum Gasteiger partial charge on any atom is 0.335 e. The number of hydrogen-bond donors (Lipinski definition) is 1. The van der Waals surface area contributed by atoms with Crippen LogP contribution < -0.4 is 4.74 Å². The third kappa shape index (κ3) is 3.45. The summed E-state index contributed by atoms with van der Waals surface area (Å²) in [5.41, 5.74) is -0.930. The zero-order valence-electron chi connectivity index (χ0n) is 9.58. The summed E-state index contributed by atoms with van der Waals surface area (Å²) >= 11 is 0. The molecule has 5 nitrogen and oxygen atoms in total. The zero-order chi connectivity index (χ0) is 13.1. The van der Waals surface area contributed by atoms with Gasteiger partial charge in [0.1, 0.15) is 5.75 Å². The zero-order valence-corrected chi connectivity index (χ0v) is 10.4. The Balaban J connectivity index is 2.89. The van der Waals surface area contributed by atoms with E-state index in [4.69, 9.17) is 9.84 Å². The highest BCUT2D eigenvalue weighted by Crippen LogP contribution is 2.17. The third-order valence-corrected chi connectivity index (χ3v) is 4.20. The molecule has 0 radical (unpaired) electrons. The number of benzene rings is 1. The molecule has 0 fully saturated rings. The van der Waals surface area contributed by atoms with E-state index in [0.29, 0.717) is 0 Å². The van der Waals surface area contributed by atoms with E-state index < -0.39 is 21.2 Å². The molecule has 0 heterocycles. The first-order valence-electron chi connectivity index (χ1n) is 5.08. The number of rotatable bonds is 5. The molecule has 0 saturated carbocycles. The fourth-order valence-corrected chi connectivity index (χ4v) is 1.93. The predicted octanol–water partition coefficient (Wildman–Crippen LogP) is 1.54. The normalized spacial score (nSPS) is 13.1. The lowest BCUT2D eigenvalue weighted by atomic mass is 10.2. The first-order valence-corrected chi connectivity index (χ1v) is 6.80. The van der Waals surface area contributed by atoms with Crippen molar-refractivity contribution in [3.63, 3.8) is 0 Å². The van der Waals surface area contributed by atoms with Crippen LogP contribution in [0.4, 0.5) is 0 Å². The van der Waals surface area contributed by atoms with E-state index in [9.17, 15) is 13.2 Å². The molecule has 1 rings (SSSR count). The van der Waals surface area contributed by atoms with Crippen LogP contribution in [0.1, 0.15) is 24.2 Å². The van der Waals surface area contributed by atoms with Gasteiger partial charge in [-0.2, -0.15) is 0 Å². The number of carboxylic acids is 1. The van der Waals surface area contributed by atoms with Crippen LogP contribution in [0, 0.1) is 0 Å². The summed E-state index contributed by atoms with van der Waals surface area (Å²) in [7, 11) is -3.30. The molecule has 1 aromatic carbocycles. The molecule has 6 heteroatoms. The molecule has 0 spiro atoms. The van der Waals surface area contributed by atoms with Crippen LogP contribution >= 0.6 is 0 Å². The maximum atomic E-state index is 11.5. The minimum Gasteiger partial charge on any atom is -0.478 e. The molecule has 94 valence electrons. The number of carbonyl (C=O) groups is 1. The lowest BCUT2D eigenvalue weighted by Gasteiger charge is -2.14. The summed E-state index contributed by atoms with van der Waals surface area (Å²) in [5.74, 6) is -0.872. The van der Waals surface area contributed by atoms with E-state index in [0.717, 1.165) is 0 Å². The van der Waals surface area contributed by atoms with E-state index in [-0.39, 0.29) is 17.1 Å². The maximum absolute atomic E-state index is 11.5. The van der Waals surface area contributed by atoms with Crippen molar-refractivity contribution in [2.24, 2.45) is 0 Å². The average molecular weight is 258 g/mol. The van der Waals surface area contributed by atoms with Crippen LogP contribution in [0.15, 0.2) is 24.3 Å². The van der Waals surface area contributed by atoms with Gasteiger partial charge in [-0.1, -0.05) is 13.0 Å². The number of hydrogen-bond acceptors (Lipinski definition) is 4. The van der Waals surface area contributed by atoms with Gasteiger partial charge in [-0.15, -0.1) is 0 Å². The third-order valence-electron chi connectivity index (χ3n) is 2.29. The molecule has 0 amide bonds. The molecule has 0 aliphatic heterocycles. The molecule has 0 aromatic heterocycles. The fraction of sp³-hybridized carbons (Fsp3) is 0.364. The van der Waals surface area contributed by atoms with Crippen molar-refractivity contribution in [2.45, 2.75) is 19.3 Å². The SMILES string of the molecule is CCS(=O)(=O)C(C)Oc1cccc(C(=O)O)c1. The monoisotopic (exact) mass is 258 g/mol. The standard InChI is InChI=1S/C11H14O5S/c1-3-17(14,15)8(2)16-10-6-4-5-9(7-10)11(12)13/h4-8H,3H2,1-2H3,(H,12,13). The second-order valence-electron chi connectivity index (χ2n) is 3.47. The predicted molar refractivity (Wildman–Crippen MR) is 63.0 cm³/mol. The first-order chi connectivity index (χ1) is 7.86. The molecule has 0 bridgehead atoms. The fourth-order valence-electron chi connectivity index (χ4n) is 1.20. The molecule has 0 aliphatic carbocycles. The number of carboxylic acid groups (broad SMARTS) is 1. The average Bonchev–Trinajstić information content (AvgIpc) is 2.29. The summed E-state index contributed by atoms with van der Waals surface area (Å²) in [5, 5.41) is 8.78. The lowest BCUT2D eigenvalue weighted by molar-refractivity contribution is 0.0696. The van der Waals surface area contributed by atoms with E-state index >= 15 is 0 Å². The largest absolute Gasteiger partial charge is 0.478 e. The van der Waals surface area contributed by atoms with Gasteiger partial charge in [0.2, 0.25) is 0 Å². The Morgan fingerprint density at radius 2 is 2.12 bits per heavy atom. The number of sulfone groups is 1. The van der Waals surface area contributed by atoms with Crippen LogP contribution in [0.25, 0.3) is 0 Å². The highest BCUT2D eigenvalue weighted by molar-refractivity contribution is 7.91. The Morgan fingerprint density at radius 3 is 2.65 bits per heavy atom. The second kappa shape index (κ2) is 5.18. The first kappa shape index (κ1) is 13.5. The van der Waals surface area contributed by atoms with Gasteiger partial charge < -0.3 is 9.84 Å². The van der Waals surface area contributed by atoms with Crippen molar-refractivity contribution < 1.29 is 23.1 Å². The highest BCUT2D eigenvalue weighted by Gasteiger charge is 2.20. The number of ether oxygens (including phenoxy) is 1. The van der Waals surface area contributed by atoms with Gasteiger partial charge in [0.05, 0.1) is 11.3 Å². The summed E-state index contributed by atoms with van der Waals surface area (Å²) in [6.07, 6.45) is 0. The molecule has 1 N–H and O–H groups in total. The van der Waals surface area contributed by atoms with E-state index in [1.165, 1.54) is 38.1 Å². The highest BCUT2D eigenvalue weighted by atomic mass is 32.2. The molecule has 0 aliphatic rings. The molecular weight excluding hydrogens is 244 g/mol. The van der Waals surface area contributed by atoms with Crippen LogP contribution in [-0.2, 0) is 9.84 Å². The molecule has 1 aromatic rings. The minimum atomic E-state index is -3.30. The second-order valence-corrected chi connectivity index (χ2v) is 6.04. The van der Waals surface area contributed by atoms with Crippen molar-refractivity contribution in [1.29, 1.82) is 0 Å². The van der Waals surface area contributed by atoms with Crippen molar-refractivity contribution in [2.75, 3.05) is 5.75 Å². The Kier molecular flexibility index (Phi) is 4.11. The minimum absolute atomic E-state index is 0.0210. The quantitative estimate of drug-likeness (QED) is 0.866. The summed E-state index contributed by atoms with van der Waals surface area (Å²) in [4.78, 5) is 10.7. The summed E-state index contributed by atoms with van der Waals surface area (Å²) in [6, 6.07) is 5.73. The Labute approximate surface area is 100.0 Å². The van der Waals surface area contributed by atoms with Crippen LogP contribution in [-0.4, -0.2) is 30.7 Å². The summed E-state index contributed by atoms with van der Waals surface area (Å²) < 4.78 is 28.2. The topological polar surface area (TPSA) is 80.7 Å². The van der Waals surface area contributed by atoms with Crippen LogP contribution in [0.3, 0.4) is 0 Å². The smallest absolute Gasteiger partial charge is 0.335 e. The molecule has 0 saturated heterocycles. The van der Waals surface area contributed by atoms with Crippen molar-refractivity contribution >= 4 is 15.8 Å². The van der Waals surface area contributed by atoms with E-state index in [2.05, 4.69) is 0 Å². The van der Waals surface area contributed by atoms with Gasteiger partial charge >= 0.3 is 5.97 Å². The molecule has 17 heavy (non-hydrogen) atoms. The van der Waals surface area contributed by atoms with Gasteiger partial charge in [0.15, 0.2) is 15.3 Å². The Bertz CT molecular complexity index is 506. The van der Waals surface area contributed by atoms with Crippen molar-refractivity contribution in [1.82, 2.24) is 0 Å². The van der Waals surface area contributed by atoms with Gasteiger partial charge in [-0.05, 0) is 25.1 Å². The van der Waals surface area contributed by atoms with E-state index in [1.807, 2.05) is 0 Å². The number of aromatic carboxylic acids is 1. The van der Waals surface area contributed by atoms with Gasteiger partial charge in [0.25, 0.3) is 0 Å². The lowest BCUT2D eigenvalue weighted by Crippen LogP contribution is -2.25. The molecular formula is C11H14O5S. The van der Waals surface area contributed by atoms with Gasteiger partial charge in [-0.3, -0.25) is 0 Å². The molecule has 1 atom stereocenters. The van der Waals surface area contributed by atoms with Gasteiger partial charge in [0, 0.05) is 0 Å². The van der Waals surface area contributed by atoms with Gasteiger partial charge in [-0.25, -0.2) is 13.2 Å². The van der Waals surface area contributed by atoms with Crippen molar-refractivity contribution in [3.05, 3.63) is 29.8 Å². The van der Waals surface area contributed by atoms with E-state index in [1.54, 1.807) is 0 Å².